The highest BCUT2D eigenvalue weighted by Crippen LogP contribution is 2.35. The summed E-state index contributed by atoms with van der Waals surface area (Å²) in [5.41, 5.74) is 6.36. The summed E-state index contributed by atoms with van der Waals surface area (Å²) in [5, 5.41) is 14.4. The highest BCUT2D eigenvalue weighted by molar-refractivity contribution is 7.89. The van der Waals surface area contributed by atoms with E-state index < -0.39 is 34.4 Å². The van der Waals surface area contributed by atoms with E-state index in [1.165, 1.54) is 16.4 Å². The van der Waals surface area contributed by atoms with Crippen LogP contribution in [0.4, 0.5) is 4.79 Å². The summed E-state index contributed by atoms with van der Waals surface area (Å²) < 4.78 is 62.3. The second kappa shape index (κ2) is 15.6. The van der Waals surface area contributed by atoms with Crippen LogP contribution in [-0.4, -0.2) is 94.7 Å². The lowest BCUT2D eigenvalue weighted by Crippen LogP contribution is -2.51. The van der Waals surface area contributed by atoms with Crippen LogP contribution in [0.15, 0.2) is 47.4 Å². The number of nitrogens with two attached hydrogens (primary N) is 1. The predicted molar refractivity (Wildman–Crippen MR) is 167 cm³/mol. The maximum absolute atomic E-state index is 13.9. The van der Waals surface area contributed by atoms with Crippen molar-refractivity contribution in [3.63, 3.8) is 0 Å². The average Bonchev–Trinajstić information content (AvgIpc) is 3.78. The molecule has 254 valence electrons. The summed E-state index contributed by atoms with van der Waals surface area (Å²) >= 11 is 0. The van der Waals surface area contributed by atoms with Gasteiger partial charge in [0.25, 0.3) is 0 Å². The van der Waals surface area contributed by atoms with E-state index in [0.717, 1.165) is 24.8 Å². The maximum atomic E-state index is 13.9. The van der Waals surface area contributed by atoms with Gasteiger partial charge in [-0.15, -0.1) is 0 Å². The summed E-state index contributed by atoms with van der Waals surface area (Å²) in [6.07, 6.45) is -0.231. The molecule has 0 bridgehead atoms. The van der Waals surface area contributed by atoms with Crippen LogP contribution in [0, 0.1) is 11.8 Å². The molecular weight excluding hydrogens is 618 g/mol. The van der Waals surface area contributed by atoms with E-state index in [0.29, 0.717) is 37.0 Å². The lowest BCUT2D eigenvalue weighted by Gasteiger charge is -2.31. The fourth-order valence-corrected chi connectivity index (χ4v) is 7.40. The van der Waals surface area contributed by atoms with Gasteiger partial charge in [-0.3, -0.25) is 0 Å². The minimum Gasteiger partial charge on any atom is -0.494 e. The number of aliphatic hydroxyl groups is 1. The van der Waals surface area contributed by atoms with Gasteiger partial charge in [0, 0.05) is 19.2 Å². The highest BCUT2D eigenvalue weighted by Gasteiger charge is 2.44. The Balaban J connectivity index is 1.32. The Morgan fingerprint density at radius 3 is 2.63 bits per heavy atom. The lowest BCUT2D eigenvalue weighted by atomic mass is 10.0. The number of sulfonamides is 1. The minimum absolute atomic E-state index is 0.0134. The normalized spacial score (nSPS) is 21.7. The first-order valence-electron chi connectivity index (χ1n) is 15.8. The molecule has 5 rings (SSSR count). The zero-order valence-corrected chi connectivity index (χ0v) is 27.2. The van der Waals surface area contributed by atoms with Gasteiger partial charge in [-0.2, -0.15) is 4.31 Å². The molecule has 3 heterocycles. The number of alkyl carbamates (subject to hydrolysis) is 1. The van der Waals surface area contributed by atoms with E-state index >= 15 is 0 Å². The van der Waals surface area contributed by atoms with Gasteiger partial charge in [0.05, 0.1) is 42.8 Å². The molecule has 14 heteroatoms. The molecule has 0 spiro atoms. The van der Waals surface area contributed by atoms with Crippen molar-refractivity contribution in [3.05, 3.63) is 48.0 Å². The van der Waals surface area contributed by atoms with Gasteiger partial charge in [0.15, 0.2) is 17.8 Å². The number of unbranched alkanes of at least 4 members (excludes halogenated alkanes) is 1. The fourth-order valence-electron chi connectivity index (χ4n) is 5.77. The molecule has 2 aromatic rings. The number of hydrogen-bond donors (Lipinski definition) is 3. The van der Waals surface area contributed by atoms with Crippen LogP contribution in [0.2, 0.25) is 0 Å². The molecule has 46 heavy (non-hydrogen) atoms. The standard InChI is InChI=1S/C32H45N3O10S/c1-21(2)17-35(46(38,39)24-9-10-28-29(16-24)44-20-43-28)18-27(36)26(15-22-5-7-23(8-6-22)40-13-4-3-12-33)34-32(37)45-30-19-42-31-25(30)11-14-41-31/h5-10,16,21,25-27,30-31,36H,3-4,11-15,17-20,33H2,1-2H3,(H,34,37)/t25?,26-,27+,30?,31?/m0/s1. The zero-order valence-electron chi connectivity index (χ0n) is 26.3. The van der Waals surface area contributed by atoms with Gasteiger partial charge in [-0.1, -0.05) is 26.0 Å². The number of fused-ring (bicyclic) bond motifs is 2. The molecule has 3 aliphatic rings. The lowest BCUT2D eigenvalue weighted by molar-refractivity contribution is -0.0907. The molecule has 4 N–H and O–H groups in total. The Hall–Kier alpha value is -3.14. The summed E-state index contributed by atoms with van der Waals surface area (Å²) in [7, 11) is -4.06. The van der Waals surface area contributed by atoms with E-state index in [4.69, 9.17) is 34.2 Å². The number of carbonyl (C=O) groups excluding carboxylic acids is 1. The smallest absolute Gasteiger partial charge is 0.407 e. The molecule has 1 amide bonds. The van der Waals surface area contributed by atoms with Crippen molar-refractivity contribution >= 4 is 16.1 Å². The second-order valence-corrected chi connectivity index (χ2v) is 14.1. The third kappa shape index (κ3) is 8.60. The summed E-state index contributed by atoms with van der Waals surface area (Å²) in [6, 6.07) is 10.9. The van der Waals surface area contributed by atoms with Gasteiger partial charge in [0.1, 0.15) is 11.9 Å². The average molecular weight is 664 g/mol. The maximum Gasteiger partial charge on any atom is 0.407 e. The number of rotatable bonds is 16. The van der Waals surface area contributed by atoms with Crippen LogP contribution in [0.3, 0.4) is 0 Å². The molecule has 13 nitrogen and oxygen atoms in total. The Kier molecular flexibility index (Phi) is 11.6. The van der Waals surface area contributed by atoms with Crippen molar-refractivity contribution < 1.29 is 46.7 Å². The van der Waals surface area contributed by atoms with Crippen LogP contribution >= 0.6 is 0 Å². The summed E-state index contributed by atoms with van der Waals surface area (Å²) in [5.74, 6) is 1.39. The van der Waals surface area contributed by atoms with Gasteiger partial charge in [-0.05, 0) is 68.0 Å². The van der Waals surface area contributed by atoms with Crippen LogP contribution in [0.25, 0.3) is 0 Å². The van der Waals surface area contributed by atoms with Crippen molar-refractivity contribution in [2.45, 2.75) is 69.0 Å². The predicted octanol–water partition coefficient (Wildman–Crippen LogP) is 2.64. The SMILES string of the molecule is CC(C)CN(C[C@@H](O)[C@H](Cc1ccc(OCCCCN)cc1)NC(=O)OC1COC2OCCC12)S(=O)(=O)c1ccc2c(c1)OCO2. The number of aliphatic hydroxyl groups excluding tert-OH is 1. The first-order valence-corrected chi connectivity index (χ1v) is 17.3. The molecule has 0 aromatic heterocycles. The van der Waals surface area contributed by atoms with Crippen molar-refractivity contribution in [2.24, 2.45) is 17.6 Å². The molecule has 2 fully saturated rings. The highest BCUT2D eigenvalue weighted by atomic mass is 32.2. The van der Waals surface area contributed by atoms with Crippen LogP contribution < -0.4 is 25.3 Å². The van der Waals surface area contributed by atoms with Crippen molar-refractivity contribution in [1.29, 1.82) is 0 Å². The van der Waals surface area contributed by atoms with Gasteiger partial charge < -0.3 is 44.6 Å². The second-order valence-electron chi connectivity index (χ2n) is 12.2. The molecule has 2 saturated heterocycles. The Bertz CT molecular complexity index is 1410. The number of carbonyl (C=O) groups is 1. The van der Waals surface area contributed by atoms with Crippen molar-refractivity contribution in [1.82, 2.24) is 9.62 Å². The minimum atomic E-state index is -4.06. The first kappa shape index (κ1) is 34.2. The molecule has 0 saturated carbocycles. The molecule has 0 radical (unpaired) electrons. The molecule has 5 atom stereocenters. The number of nitrogens with zero attached hydrogens (tertiary/aromatic N) is 1. The monoisotopic (exact) mass is 663 g/mol. The molecular formula is C32H45N3O10S. The van der Waals surface area contributed by atoms with Gasteiger partial charge in [-0.25, -0.2) is 13.2 Å². The first-order chi connectivity index (χ1) is 22.1. The quantitative estimate of drug-likeness (QED) is 0.226. The van der Waals surface area contributed by atoms with Crippen molar-refractivity contribution in [3.8, 4) is 17.2 Å². The Morgan fingerprint density at radius 1 is 1.09 bits per heavy atom. The van der Waals surface area contributed by atoms with E-state index in [1.807, 2.05) is 38.1 Å². The fraction of sp³-hybridized carbons (Fsp3) is 0.594. The van der Waals surface area contributed by atoms with Crippen LogP contribution in [-0.2, 0) is 30.7 Å². The van der Waals surface area contributed by atoms with Crippen molar-refractivity contribution in [2.75, 3.05) is 46.2 Å². The zero-order chi connectivity index (χ0) is 32.7. The molecule has 2 aromatic carbocycles. The number of amides is 1. The van der Waals surface area contributed by atoms with E-state index in [2.05, 4.69) is 5.32 Å². The Morgan fingerprint density at radius 2 is 1.87 bits per heavy atom. The summed E-state index contributed by atoms with van der Waals surface area (Å²) in [6.45, 7) is 5.59. The van der Waals surface area contributed by atoms with Gasteiger partial charge in [0.2, 0.25) is 16.8 Å². The Labute approximate surface area is 270 Å². The number of ether oxygens (including phenoxy) is 6. The molecule has 0 aliphatic carbocycles. The largest absolute Gasteiger partial charge is 0.494 e. The number of nitrogens with one attached hydrogen (secondary N) is 1. The van der Waals surface area contributed by atoms with E-state index in [1.54, 1.807) is 6.07 Å². The third-order valence-corrected chi connectivity index (χ3v) is 10.0. The van der Waals surface area contributed by atoms with Gasteiger partial charge >= 0.3 is 6.09 Å². The molecule has 3 unspecified atom stereocenters. The van der Waals surface area contributed by atoms with Crippen LogP contribution in [0.5, 0.6) is 17.2 Å². The third-order valence-electron chi connectivity index (χ3n) is 8.20. The van der Waals surface area contributed by atoms with Crippen LogP contribution in [0.1, 0.15) is 38.7 Å². The van der Waals surface area contributed by atoms with E-state index in [9.17, 15) is 18.3 Å². The summed E-state index contributed by atoms with van der Waals surface area (Å²) in [4.78, 5) is 13.2. The number of benzene rings is 2. The number of hydrogen-bond acceptors (Lipinski definition) is 11. The van der Waals surface area contributed by atoms with E-state index in [-0.39, 0.29) is 55.9 Å². The topological polar surface area (TPSA) is 168 Å². The molecule has 3 aliphatic heterocycles.